The Balaban J connectivity index is 0.000000148. The maximum atomic E-state index is 12.3. The van der Waals surface area contributed by atoms with Crippen LogP contribution in [0.2, 0.25) is 0 Å². The van der Waals surface area contributed by atoms with Crippen molar-refractivity contribution < 1.29 is 39.1 Å². The molecule has 0 saturated heterocycles. The van der Waals surface area contributed by atoms with Gasteiger partial charge in [-0.15, -0.1) is 0 Å². The number of Topliss-reactive ketones (excluding diaryl/α,β-unsaturated/α-hetero) is 2. The fourth-order valence-electron chi connectivity index (χ4n) is 4.83. The minimum absolute atomic E-state index is 0.174. The van der Waals surface area contributed by atoms with Gasteiger partial charge in [-0.3, -0.25) is 28.9 Å². The number of rotatable bonds is 6. The van der Waals surface area contributed by atoms with Crippen LogP contribution >= 0.6 is 0 Å². The second-order valence-corrected chi connectivity index (χ2v) is 9.28. The monoisotopic (exact) mass is 494 g/mol. The number of fused-ring (bicyclic) bond motifs is 2. The van der Waals surface area contributed by atoms with E-state index in [0.29, 0.717) is 22.3 Å². The Kier molecular flexibility index (Phi) is 5.79. The lowest BCUT2D eigenvalue weighted by atomic mass is 9.95. The van der Waals surface area contributed by atoms with E-state index in [9.17, 15) is 29.4 Å². The molecule has 2 aromatic rings. The Labute approximate surface area is 206 Å². The smallest absolute Gasteiger partial charge is 0.281 e. The third-order valence-corrected chi connectivity index (χ3v) is 6.97. The molecule has 2 amide bonds. The minimum atomic E-state index is -1.97. The summed E-state index contributed by atoms with van der Waals surface area (Å²) in [5, 5.41) is 22.9. The Morgan fingerprint density at radius 1 is 0.722 bits per heavy atom. The molecule has 10 heteroatoms. The predicted molar refractivity (Wildman–Crippen MR) is 122 cm³/mol. The summed E-state index contributed by atoms with van der Waals surface area (Å²) in [5.74, 6) is -2.03. The van der Waals surface area contributed by atoms with Gasteiger partial charge in [-0.05, 0) is 37.8 Å². The van der Waals surface area contributed by atoms with Crippen molar-refractivity contribution in [2.75, 3.05) is 14.2 Å². The Hall–Kier alpha value is -3.44. The van der Waals surface area contributed by atoms with Crippen molar-refractivity contribution >= 4 is 23.4 Å². The predicted octanol–water partition coefficient (Wildman–Crippen LogP) is 1.66. The van der Waals surface area contributed by atoms with E-state index in [1.165, 1.54) is 14.2 Å². The molecule has 2 N–H and O–H groups in total. The summed E-state index contributed by atoms with van der Waals surface area (Å²) < 4.78 is 0. The van der Waals surface area contributed by atoms with E-state index in [4.69, 9.17) is 9.68 Å². The third-order valence-electron chi connectivity index (χ3n) is 6.97. The lowest BCUT2D eigenvalue weighted by molar-refractivity contribution is -0.237. The van der Waals surface area contributed by atoms with E-state index in [1.54, 1.807) is 48.5 Å². The molecule has 2 atom stereocenters. The fourth-order valence-corrected chi connectivity index (χ4v) is 4.83. The maximum absolute atomic E-state index is 12.3. The molecule has 188 valence electrons. The second-order valence-electron chi connectivity index (χ2n) is 9.28. The van der Waals surface area contributed by atoms with E-state index in [1.807, 2.05) is 0 Å². The van der Waals surface area contributed by atoms with Crippen LogP contribution in [0.3, 0.4) is 0 Å². The minimum Gasteiger partial charge on any atom is -0.359 e. The van der Waals surface area contributed by atoms with Crippen LogP contribution in [0.5, 0.6) is 0 Å². The highest BCUT2D eigenvalue weighted by molar-refractivity contribution is 6.07. The van der Waals surface area contributed by atoms with Crippen LogP contribution in [0, 0.1) is 11.8 Å². The number of ketones is 2. The van der Waals surface area contributed by atoms with Crippen LogP contribution in [0.15, 0.2) is 48.5 Å². The van der Waals surface area contributed by atoms with Gasteiger partial charge in [-0.2, -0.15) is 10.1 Å². The number of hydrogen-bond donors (Lipinski definition) is 2. The highest BCUT2D eigenvalue weighted by atomic mass is 16.7. The van der Waals surface area contributed by atoms with Gasteiger partial charge in [0.1, 0.15) is 0 Å². The first-order chi connectivity index (χ1) is 17.2. The van der Waals surface area contributed by atoms with E-state index < -0.39 is 23.3 Å². The molecule has 2 aliphatic carbocycles. The first-order valence-electron chi connectivity index (χ1n) is 11.7. The maximum Gasteiger partial charge on any atom is 0.281 e. The zero-order chi connectivity index (χ0) is 25.8. The van der Waals surface area contributed by atoms with Gasteiger partial charge in [0.15, 0.2) is 11.6 Å². The van der Waals surface area contributed by atoms with Crippen molar-refractivity contribution in [2.45, 2.75) is 37.1 Å². The molecule has 4 aliphatic rings. The second kappa shape index (κ2) is 8.59. The number of aliphatic hydroxyl groups is 2. The van der Waals surface area contributed by atoms with Crippen LogP contribution in [-0.4, -0.2) is 57.9 Å². The summed E-state index contributed by atoms with van der Waals surface area (Å²) >= 11 is 0. The van der Waals surface area contributed by atoms with Crippen LogP contribution < -0.4 is 0 Å². The summed E-state index contributed by atoms with van der Waals surface area (Å²) in [5.41, 5.74) is -2.68. The summed E-state index contributed by atoms with van der Waals surface area (Å²) in [6, 6.07) is 13.1. The first-order valence-corrected chi connectivity index (χ1v) is 11.7. The van der Waals surface area contributed by atoms with Crippen molar-refractivity contribution in [3.63, 3.8) is 0 Å². The fraction of sp³-hybridized carbons (Fsp3) is 0.385. The summed E-state index contributed by atoms with van der Waals surface area (Å²) in [4.78, 5) is 58.6. The molecule has 6 rings (SSSR count). The molecule has 0 unspecified atom stereocenters. The van der Waals surface area contributed by atoms with Gasteiger partial charge in [0, 0.05) is 23.0 Å². The molecule has 0 spiro atoms. The van der Waals surface area contributed by atoms with E-state index in [-0.39, 0.29) is 23.4 Å². The van der Waals surface area contributed by atoms with Gasteiger partial charge in [-0.25, -0.2) is 0 Å². The van der Waals surface area contributed by atoms with E-state index >= 15 is 0 Å². The van der Waals surface area contributed by atoms with Crippen molar-refractivity contribution in [3.05, 3.63) is 70.8 Å². The van der Waals surface area contributed by atoms with Crippen molar-refractivity contribution in [2.24, 2.45) is 11.8 Å². The molecule has 0 bridgehead atoms. The number of amides is 2. The van der Waals surface area contributed by atoms with Crippen molar-refractivity contribution in [3.8, 4) is 0 Å². The van der Waals surface area contributed by atoms with Gasteiger partial charge in [0.05, 0.1) is 25.3 Å². The lowest BCUT2D eigenvalue weighted by Crippen LogP contribution is -2.49. The van der Waals surface area contributed by atoms with Gasteiger partial charge >= 0.3 is 0 Å². The molecule has 2 fully saturated rings. The van der Waals surface area contributed by atoms with Gasteiger partial charge < -0.3 is 10.2 Å². The number of nitrogens with zero attached hydrogens (tertiary/aromatic N) is 2. The van der Waals surface area contributed by atoms with Crippen molar-refractivity contribution in [1.29, 1.82) is 0 Å². The first kappa shape index (κ1) is 24.3. The van der Waals surface area contributed by atoms with Gasteiger partial charge in [0.25, 0.3) is 23.3 Å². The Morgan fingerprint density at radius 2 is 1.06 bits per heavy atom. The molecule has 10 nitrogen and oxygen atoms in total. The largest absolute Gasteiger partial charge is 0.359 e. The molecule has 2 saturated carbocycles. The summed E-state index contributed by atoms with van der Waals surface area (Å²) in [6.07, 6.45) is 3.04. The average molecular weight is 495 g/mol. The SMILES string of the molecule is CON1C(=O)c2ccccc2[C@@]1(O)C(=O)C1CC1.CON1C(=O)c2ccccc2[C@@]1(O)C(=O)C1CC1. The number of carbonyl (C=O) groups is 4. The molecule has 0 radical (unpaired) electrons. The molecule has 2 aromatic carbocycles. The zero-order valence-electron chi connectivity index (χ0n) is 19.8. The number of hydroxylamine groups is 4. The van der Waals surface area contributed by atoms with E-state index in [2.05, 4.69) is 0 Å². The van der Waals surface area contributed by atoms with Crippen LogP contribution in [0.25, 0.3) is 0 Å². The lowest BCUT2D eigenvalue weighted by Gasteiger charge is -2.30. The Morgan fingerprint density at radius 3 is 1.36 bits per heavy atom. The normalized spacial score (nSPS) is 26.3. The Bertz CT molecular complexity index is 1170. The van der Waals surface area contributed by atoms with Crippen LogP contribution in [0.4, 0.5) is 0 Å². The molecular formula is C26H26N2O8. The number of carbonyl (C=O) groups excluding carboxylic acids is 4. The standard InChI is InChI=1S/2C13H13NO4/c2*1-18-14-12(16)9-4-2-3-5-10(9)13(14,17)11(15)8-6-7-8/h2*2-5,8,17H,6-7H2,1H3/t2*13-/m11/s1. The molecule has 36 heavy (non-hydrogen) atoms. The number of hydrogen-bond acceptors (Lipinski definition) is 8. The number of benzene rings is 2. The van der Waals surface area contributed by atoms with Gasteiger partial charge in [-0.1, -0.05) is 36.4 Å². The van der Waals surface area contributed by atoms with E-state index in [0.717, 1.165) is 35.8 Å². The average Bonchev–Trinajstić information content (AvgIpc) is 3.82. The third kappa shape index (κ3) is 3.40. The zero-order valence-corrected chi connectivity index (χ0v) is 19.8. The topological polar surface area (TPSA) is 134 Å². The van der Waals surface area contributed by atoms with Crippen molar-refractivity contribution in [1.82, 2.24) is 10.1 Å². The highest BCUT2D eigenvalue weighted by Crippen LogP contribution is 2.45. The molecule has 2 heterocycles. The summed E-state index contributed by atoms with van der Waals surface area (Å²) in [7, 11) is 2.55. The molecule has 0 aromatic heterocycles. The van der Waals surface area contributed by atoms with Crippen LogP contribution in [-0.2, 0) is 30.7 Å². The molecule has 2 aliphatic heterocycles. The highest BCUT2D eigenvalue weighted by Gasteiger charge is 2.59. The molecular weight excluding hydrogens is 468 g/mol. The van der Waals surface area contributed by atoms with Gasteiger partial charge in [0.2, 0.25) is 0 Å². The summed E-state index contributed by atoms with van der Waals surface area (Å²) in [6.45, 7) is 0. The van der Waals surface area contributed by atoms with Crippen LogP contribution in [0.1, 0.15) is 57.5 Å². The quantitative estimate of drug-likeness (QED) is 0.619.